The van der Waals surface area contributed by atoms with Gasteiger partial charge in [-0.3, -0.25) is 4.98 Å². The Bertz CT molecular complexity index is 258. The molecule has 1 rings (SSSR count). The standard InChI is InChI=1S/C11H18N2O/c1-9-5-6-10(8-13-9)11(12)4-3-7-14-2/h5-6,8,11H,3-4,7,12H2,1-2H3. The van der Waals surface area contributed by atoms with Crippen LogP contribution in [0.4, 0.5) is 0 Å². The molecule has 1 atom stereocenters. The fourth-order valence-corrected chi connectivity index (χ4v) is 1.31. The number of hydrogen-bond acceptors (Lipinski definition) is 3. The van der Waals surface area contributed by atoms with Gasteiger partial charge in [0.2, 0.25) is 0 Å². The van der Waals surface area contributed by atoms with Crippen molar-refractivity contribution in [2.24, 2.45) is 5.73 Å². The highest BCUT2D eigenvalue weighted by Crippen LogP contribution is 2.14. The topological polar surface area (TPSA) is 48.1 Å². The summed E-state index contributed by atoms with van der Waals surface area (Å²) in [7, 11) is 1.71. The zero-order chi connectivity index (χ0) is 10.4. The molecule has 78 valence electrons. The Balaban J connectivity index is 2.43. The highest BCUT2D eigenvalue weighted by molar-refractivity contribution is 5.16. The molecule has 0 spiro atoms. The number of methoxy groups -OCH3 is 1. The lowest BCUT2D eigenvalue weighted by atomic mass is 10.1. The van der Waals surface area contributed by atoms with Crippen molar-refractivity contribution in [3.8, 4) is 0 Å². The molecule has 0 aliphatic carbocycles. The Morgan fingerprint density at radius 3 is 2.86 bits per heavy atom. The first-order chi connectivity index (χ1) is 6.74. The molecule has 0 amide bonds. The van der Waals surface area contributed by atoms with Crippen LogP contribution < -0.4 is 5.73 Å². The van der Waals surface area contributed by atoms with Gasteiger partial charge in [0.05, 0.1) is 0 Å². The van der Waals surface area contributed by atoms with E-state index in [1.54, 1.807) is 7.11 Å². The molecule has 14 heavy (non-hydrogen) atoms. The number of pyridine rings is 1. The van der Waals surface area contributed by atoms with Crippen LogP contribution >= 0.6 is 0 Å². The summed E-state index contributed by atoms with van der Waals surface area (Å²) in [6.45, 7) is 2.74. The molecule has 0 bridgehead atoms. The van der Waals surface area contributed by atoms with Gasteiger partial charge in [-0.15, -0.1) is 0 Å². The average molecular weight is 194 g/mol. The van der Waals surface area contributed by atoms with Crippen LogP contribution in [-0.4, -0.2) is 18.7 Å². The van der Waals surface area contributed by atoms with Gasteiger partial charge in [0.1, 0.15) is 0 Å². The predicted octanol–water partition coefficient (Wildman–Crippen LogP) is 1.82. The summed E-state index contributed by atoms with van der Waals surface area (Å²) in [4.78, 5) is 4.22. The zero-order valence-corrected chi connectivity index (χ0v) is 8.86. The van der Waals surface area contributed by atoms with Crippen molar-refractivity contribution < 1.29 is 4.74 Å². The molecule has 1 aromatic heterocycles. The molecular formula is C11H18N2O. The van der Waals surface area contributed by atoms with E-state index in [0.29, 0.717) is 0 Å². The molecule has 0 aliphatic heterocycles. The molecule has 0 saturated carbocycles. The van der Waals surface area contributed by atoms with Gasteiger partial charge in [-0.05, 0) is 31.4 Å². The quantitative estimate of drug-likeness (QED) is 0.727. The van der Waals surface area contributed by atoms with Gasteiger partial charge in [-0.25, -0.2) is 0 Å². The number of rotatable bonds is 5. The number of nitrogens with zero attached hydrogens (tertiary/aromatic N) is 1. The maximum Gasteiger partial charge on any atom is 0.0462 e. The Hall–Kier alpha value is -0.930. The Morgan fingerprint density at radius 2 is 2.29 bits per heavy atom. The number of aryl methyl sites for hydroxylation is 1. The van der Waals surface area contributed by atoms with E-state index in [9.17, 15) is 0 Å². The lowest BCUT2D eigenvalue weighted by Crippen LogP contribution is -2.11. The van der Waals surface area contributed by atoms with Gasteiger partial charge in [0.15, 0.2) is 0 Å². The monoisotopic (exact) mass is 194 g/mol. The number of nitrogens with two attached hydrogens (primary N) is 1. The predicted molar refractivity (Wildman–Crippen MR) is 57.0 cm³/mol. The first-order valence-electron chi connectivity index (χ1n) is 4.91. The molecule has 0 saturated heterocycles. The van der Waals surface area contributed by atoms with Crippen molar-refractivity contribution in [3.05, 3.63) is 29.6 Å². The van der Waals surface area contributed by atoms with Crippen LogP contribution in [0.5, 0.6) is 0 Å². The van der Waals surface area contributed by atoms with Crippen LogP contribution in [0.15, 0.2) is 18.3 Å². The zero-order valence-electron chi connectivity index (χ0n) is 8.86. The summed E-state index contributed by atoms with van der Waals surface area (Å²) in [6.07, 6.45) is 3.79. The minimum atomic E-state index is 0.0817. The van der Waals surface area contributed by atoms with E-state index in [4.69, 9.17) is 10.5 Å². The largest absolute Gasteiger partial charge is 0.385 e. The van der Waals surface area contributed by atoms with Crippen molar-refractivity contribution in [3.63, 3.8) is 0 Å². The molecule has 0 aliphatic rings. The minimum Gasteiger partial charge on any atom is -0.385 e. The molecular weight excluding hydrogens is 176 g/mol. The number of hydrogen-bond donors (Lipinski definition) is 1. The smallest absolute Gasteiger partial charge is 0.0462 e. The molecule has 1 aromatic rings. The second-order valence-corrected chi connectivity index (χ2v) is 3.47. The Morgan fingerprint density at radius 1 is 1.50 bits per heavy atom. The van der Waals surface area contributed by atoms with E-state index in [1.165, 1.54) is 0 Å². The van der Waals surface area contributed by atoms with Crippen molar-refractivity contribution in [2.75, 3.05) is 13.7 Å². The fourth-order valence-electron chi connectivity index (χ4n) is 1.31. The lowest BCUT2D eigenvalue weighted by molar-refractivity contribution is 0.190. The van der Waals surface area contributed by atoms with E-state index in [-0.39, 0.29) is 6.04 Å². The molecule has 2 N–H and O–H groups in total. The van der Waals surface area contributed by atoms with E-state index in [1.807, 2.05) is 25.3 Å². The summed E-state index contributed by atoms with van der Waals surface area (Å²) in [6, 6.07) is 4.11. The summed E-state index contributed by atoms with van der Waals surface area (Å²) in [5.41, 5.74) is 8.12. The third kappa shape index (κ3) is 3.44. The second-order valence-electron chi connectivity index (χ2n) is 3.47. The summed E-state index contributed by atoms with van der Waals surface area (Å²) in [5, 5.41) is 0. The normalized spacial score (nSPS) is 12.8. The lowest BCUT2D eigenvalue weighted by Gasteiger charge is -2.11. The van der Waals surface area contributed by atoms with E-state index >= 15 is 0 Å². The van der Waals surface area contributed by atoms with Crippen LogP contribution in [0.1, 0.15) is 30.1 Å². The summed E-state index contributed by atoms with van der Waals surface area (Å²) < 4.78 is 4.98. The molecule has 0 fully saturated rings. The minimum absolute atomic E-state index is 0.0817. The molecule has 1 unspecified atom stereocenters. The third-order valence-corrected chi connectivity index (χ3v) is 2.23. The van der Waals surface area contributed by atoms with Gasteiger partial charge in [0, 0.05) is 31.6 Å². The van der Waals surface area contributed by atoms with E-state index in [0.717, 1.165) is 30.7 Å². The SMILES string of the molecule is COCCCC(N)c1ccc(C)nc1. The van der Waals surface area contributed by atoms with E-state index < -0.39 is 0 Å². The van der Waals surface area contributed by atoms with Crippen LogP contribution in [0.25, 0.3) is 0 Å². The molecule has 3 nitrogen and oxygen atoms in total. The second kappa shape index (κ2) is 5.73. The highest BCUT2D eigenvalue weighted by Gasteiger charge is 2.05. The summed E-state index contributed by atoms with van der Waals surface area (Å²) >= 11 is 0. The van der Waals surface area contributed by atoms with Crippen molar-refractivity contribution in [1.82, 2.24) is 4.98 Å². The van der Waals surface area contributed by atoms with Crippen LogP contribution in [0.2, 0.25) is 0 Å². The first-order valence-corrected chi connectivity index (χ1v) is 4.91. The van der Waals surface area contributed by atoms with E-state index in [2.05, 4.69) is 4.98 Å². The van der Waals surface area contributed by atoms with Gasteiger partial charge >= 0.3 is 0 Å². The van der Waals surface area contributed by atoms with Gasteiger partial charge in [-0.1, -0.05) is 6.07 Å². The maximum atomic E-state index is 5.99. The van der Waals surface area contributed by atoms with Crippen molar-refractivity contribution >= 4 is 0 Å². The van der Waals surface area contributed by atoms with Crippen LogP contribution in [0.3, 0.4) is 0 Å². The fraction of sp³-hybridized carbons (Fsp3) is 0.545. The van der Waals surface area contributed by atoms with Gasteiger partial charge in [-0.2, -0.15) is 0 Å². The van der Waals surface area contributed by atoms with Crippen molar-refractivity contribution in [1.29, 1.82) is 0 Å². The molecule has 0 aromatic carbocycles. The van der Waals surface area contributed by atoms with Crippen LogP contribution in [0, 0.1) is 6.92 Å². The third-order valence-electron chi connectivity index (χ3n) is 2.23. The first kappa shape index (κ1) is 11.1. The highest BCUT2D eigenvalue weighted by atomic mass is 16.5. The van der Waals surface area contributed by atoms with Gasteiger partial charge < -0.3 is 10.5 Å². The molecule has 1 heterocycles. The number of aromatic nitrogens is 1. The average Bonchev–Trinajstić information content (AvgIpc) is 2.19. The Kier molecular flexibility index (Phi) is 4.56. The number of ether oxygens (including phenoxy) is 1. The molecule has 3 heteroatoms. The van der Waals surface area contributed by atoms with Crippen molar-refractivity contribution in [2.45, 2.75) is 25.8 Å². The van der Waals surface area contributed by atoms with Crippen LogP contribution in [-0.2, 0) is 4.74 Å². The molecule has 0 radical (unpaired) electrons. The maximum absolute atomic E-state index is 5.99. The van der Waals surface area contributed by atoms with Gasteiger partial charge in [0.25, 0.3) is 0 Å². The summed E-state index contributed by atoms with van der Waals surface area (Å²) in [5.74, 6) is 0. The Labute approximate surface area is 85.3 Å².